The Kier molecular flexibility index (Phi) is 5.41. The summed E-state index contributed by atoms with van der Waals surface area (Å²) in [6, 6.07) is 7.36. The molecule has 23 heavy (non-hydrogen) atoms. The van der Waals surface area contributed by atoms with Gasteiger partial charge in [-0.3, -0.25) is 4.79 Å². The number of hydrogen-bond donors (Lipinski definition) is 0. The van der Waals surface area contributed by atoms with Gasteiger partial charge in [-0.05, 0) is 29.7 Å². The SMILES string of the molecule is CC(C)CC(=O)/C(=C\c1ccc(/C=[N+](/C)[O-])cc1)n1cncn1. The van der Waals surface area contributed by atoms with Crippen LogP contribution >= 0.6 is 0 Å². The third kappa shape index (κ3) is 4.88. The predicted octanol–water partition coefficient (Wildman–Crippen LogP) is 2.45. The lowest BCUT2D eigenvalue weighted by atomic mass is 10.0. The van der Waals surface area contributed by atoms with E-state index in [2.05, 4.69) is 10.1 Å². The molecular weight excluding hydrogens is 292 g/mol. The number of carbonyl (C=O) groups excluding carboxylic acids is 1. The Bertz CT molecular complexity index is 710. The maximum Gasteiger partial charge on any atom is 0.181 e. The van der Waals surface area contributed by atoms with Crippen LogP contribution in [0.2, 0.25) is 0 Å². The van der Waals surface area contributed by atoms with E-state index in [0.717, 1.165) is 15.9 Å². The second-order valence-corrected chi connectivity index (χ2v) is 5.73. The van der Waals surface area contributed by atoms with E-state index in [1.54, 1.807) is 6.08 Å². The average Bonchev–Trinajstić information content (AvgIpc) is 2.99. The van der Waals surface area contributed by atoms with Gasteiger partial charge in [-0.15, -0.1) is 0 Å². The topological polar surface area (TPSA) is 73.8 Å². The molecule has 1 aromatic heterocycles. The van der Waals surface area contributed by atoms with E-state index in [4.69, 9.17) is 0 Å². The van der Waals surface area contributed by atoms with Gasteiger partial charge in [0.2, 0.25) is 0 Å². The first-order valence-corrected chi connectivity index (χ1v) is 7.40. The van der Waals surface area contributed by atoms with Crippen LogP contribution in [0.4, 0.5) is 0 Å². The number of benzene rings is 1. The fraction of sp³-hybridized carbons (Fsp3) is 0.294. The fourth-order valence-corrected chi connectivity index (χ4v) is 2.13. The molecule has 0 saturated carbocycles. The summed E-state index contributed by atoms with van der Waals surface area (Å²) in [4.78, 5) is 16.4. The highest BCUT2D eigenvalue weighted by Crippen LogP contribution is 2.16. The molecule has 0 bridgehead atoms. The maximum atomic E-state index is 12.5. The number of ketones is 1. The number of nitrogens with zero attached hydrogens (tertiary/aromatic N) is 4. The molecule has 0 saturated heterocycles. The Morgan fingerprint density at radius 2 is 1.96 bits per heavy atom. The van der Waals surface area contributed by atoms with Crippen LogP contribution in [0.1, 0.15) is 31.4 Å². The lowest BCUT2D eigenvalue weighted by Gasteiger charge is -2.08. The Morgan fingerprint density at radius 3 is 2.48 bits per heavy atom. The van der Waals surface area contributed by atoms with E-state index in [1.165, 1.54) is 30.6 Å². The van der Waals surface area contributed by atoms with Crippen LogP contribution < -0.4 is 0 Å². The lowest BCUT2D eigenvalue weighted by molar-refractivity contribution is -0.416. The fourth-order valence-electron chi connectivity index (χ4n) is 2.13. The summed E-state index contributed by atoms with van der Waals surface area (Å²) in [5.41, 5.74) is 2.14. The van der Waals surface area contributed by atoms with Crippen molar-refractivity contribution >= 4 is 23.8 Å². The molecular formula is C17H20N4O2. The van der Waals surface area contributed by atoms with Gasteiger partial charge in [0.05, 0.1) is 0 Å². The van der Waals surface area contributed by atoms with Crippen LogP contribution in [0.5, 0.6) is 0 Å². The first-order valence-electron chi connectivity index (χ1n) is 7.40. The highest BCUT2D eigenvalue weighted by Gasteiger charge is 2.14. The first-order chi connectivity index (χ1) is 11.0. The number of allylic oxidation sites excluding steroid dienone is 1. The number of Topliss-reactive ketones (excluding diaryl/α,β-unsaturated/α-hetero) is 1. The predicted molar refractivity (Wildman–Crippen MR) is 89.8 cm³/mol. The van der Waals surface area contributed by atoms with Gasteiger partial charge in [-0.25, -0.2) is 14.4 Å². The highest BCUT2D eigenvalue weighted by atomic mass is 16.5. The van der Waals surface area contributed by atoms with Crippen molar-refractivity contribution in [2.75, 3.05) is 7.05 Å². The summed E-state index contributed by atoms with van der Waals surface area (Å²) in [5.74, 6) is 0.277. The van der Waals surface area contributed by atoms with Crippen LogP contribution in [0.25, 0.3) is 11.8 Å². The van der Waals surface area contributed by atoms with Gasteiger partial charge in [-0.2, -0.15) is 5.10 Å². The van der Waals surface area contributed by atoms with E-state index < -0.39 is 0 Å². The van der Waals surface area contributed by atoms with Crippen molar-refractivity contribution in [2.24, 2.45) is 5.92 Å². The molecule has 2 aromatic rings. The molecule has 120 valence electrons. The standard InChI is InChI=1S/C17H20N4O2/c1-13(2)8-17(22)16(21-12-18-11-19-21)9-14-4-6-15(7-5-14)10-20(3)23/h4-7,9-13H,8H2,1-3H3/b16-9+,20-10-. The van der Waals surface area contributed by atoms with Gasteiger partial charge in [0, 0.05) is 12.0 Å². The summed E-state index contributed by atoms with van der Waals surface area (Å²) in [6.45, 7) is 4.00. The van der Waals surface area contributed by atoms with E-state index in [1.807, 2.05) is 38.1 Å². The van der Waals surface area contributed by atoms with Gasteiger partial charge < -0.3 is 5.21 Å². The van der Waals surface area contributed by atoms with E-state index in [0.29, 0.717) is 12.1 Å². The van der Waals surface area contributed by atoms with Gasteiger partial charge in [0.15, 0.2) is 12.0 Å². The van der Waals surface area contributed by atoms with Gasteiger partial charge in [-0.1, -0.05) is 26.0 Å². The molecule has 0 aliphatic heterocycles. The minimum Gasteiger partial charge on any atom is -0.624 e. The molecule has 1 aromatic carbocycles. The van der Waals surface area contributed by atoms with Crippen molar-refractivity contribution in [3.8, 4) is 0 Å². The molecule has 0 N–H and O–H groups in total. The van der Waals surface area contributed by atoms with Crippen molar-refractivity contribution in [2.45, 2.75) is 20.3 Å². The number of aromatic nitrogens is 3. The number of carbonyl (C=O) groups is 1. The van der Waals surface area contributed by atoms with Crippen molar-refractivity contribution in [3.05, 3.63) is 53.3 Å². The van der Waals surface area contributed by atoms with Crippen molar-refractivity contribution in [3.63, 3.8) is 0 Å². The molecule has 0 fully saturated rings. The zero-order valence-corrected chi connectivity index (χ0v) is 13.5. The quantitative estimate of drug-likeness (QED) is 0.270. The van der Waals surface area contributed by atoms with Crippen LogP contribution in [0, 0.1) is 11.1 Å². The monoisotopic (exact) mass is 312 g/mol. The third-order valence-electron chi connectivity index (χ3n) is 3.12. The first kappa shape index (κ1) is 16.6. The maximum absolute atomic E-state index is 12.5. The largest absolute Gasteiger partial charge is 0.624 e. The summed E-state index contributed by atoms with van der Waals surface area (Å²) in [7, 11) is 1.43. The number of hydroxylamine groups is 1. The lowest BCUT2D eigenvalue weighted by Crippen LogP contribution is -2.11. The molecule has 0 atom stereocenters. The second-order valence-electron chi connectivity index (χ2n) is 5.73. The van der Waals surface area contributed by atoms with E-state index >= 15 is 0 Å². The molecule has 0 radical (unpaired) electrons. The molecule has 0 aliphatic rings. The van der Waals surface area contributed by atoms with Crippen LogP contribution in [0.3, 0.4) is 0 Å². The molecule has 2 rings (SSSR count). The molecule has 0 spiro atoms. The van der Waals surface area contributed by atoms with Crippen LogP contribution in [-0.2, 0) is 4.79 Å². The van der Waals surface area contributed by atoms with Crippen LogP contribution in [0.15, 0.2) is 36.9 Å². The molecule has 1 heterocycles. The molecule has 0 aliphatic carbocycles. The van der Waals surface area contributed by atoms with Crippen molar-refractivity contribution in [1.29, 1.82) is 0 Å². The normalized spacial score (nSPS) is 12.7. The van der Waals surface area contributed by atoms with Gasteiger partial charge in [0.25, 0.3) is 0 Å². The number of rotatable bonds is 6. The Morgan fingerprint density at radius 1 is 1.30 bits per heavy atom. The molecule has 0 unspecified atom stereocenters. The minimum absolute atomic E-state index is 0.0143. The molecule has 6 heteroatoms. The second kappa shape index (κ2) is 7.49. The zero-order chi connectivity index (χ0) is 16.8. The third-order valence-corrected chi connectivity index (χ3v) is 3.12. The summed E-state index contributed by atoms with van der Waals surface area (Å²) >= 11 is 0. The Hall–Kier alpha value is -2.76. The van der Waals surface area contributed by atoms with E-state index in [-0.39, 0.29) is 11.7 Å². The highest BCUT2D eigenvalue weighted by molar-refractivity contribution is 6.19. The van der Waals surface area contributed by atoms with Gasteiger partial charge >= 0.3 is 0 Å². The van der Waals surface area contributed by atoms with Crippen molar-refractivity contribution in [1.82, 2.24) is 14.8 Å². The smallest absolute Gasteiger partial charge is 0.181 e. The zero-order valence-electron chi connectivity index (χ0n) is 13.5. The van der Waals surface area contributed by atoms with Gasteiger partial charge in [0.1, 0.15) is 25.4 Å². The average molecular weight is 312 g/mol. The summed E-state index contributed by atoms with van der Waals surface area (Å²) in [5, 5.41) is 15.1. The number of hydrogen-bond acceptors (Lipinski definition) is 4. The Labute approximate surface area is 135 Å². The minimum atomic E-state index is 0.0143. The molecule has 6 nitrogen and oxygen atoms in total. The van der Waals surface area contributed by atoms with Crippen molar-refractivity contribution < 1.29 is 9.53 Å². The Balaban J connectivity index is 2.33. The van der Waals surface area contributed by atoms with E-state index in [9.17, 15) is 10.0 Å². The molecule has 0 amide bonds. The summed E-state index contributed by atoms with van der Waals surface area (Å²) < 4.78 is 2.23. The van der Waals surface area contributed by atoms with Crippen LogP contribution in [-0.4, -0.2) is 38.5 Å². The summed E-state index contributed by atoms with van der Waals surface area (Å²) in [6.07, 6.45) is 6.62.